The number of rotatable bonds is 1. The summed E-state index contributed by atoms with van der Waals surface area (Å²) in [6.45, 7) is 0. The van der Waals surface area contributed by atoms with Gasteiger partial charge in [-0.3, -0.25) is 0 Å². The van der Waals surface area contributed by atoms with E-state index in [-0.39, 0.29) is 0 Å². The average molecular weight is 399 g/mol. The Hall–Kier alpha value is -4.18. The van der Waals surface area contributed by atoms with Crippen LogP contribution in [0, 0.1) is 0 Å². The Morgan fingerprint density at radius 3 is 2.39 bits per heavy atom. The average Bonchev–Trinajstić information content (AvgIpc) is 3.55. The largest absolute Gasteiger partial charge is 0.470 e. The van der Waals surface area contributed by atoms with E-state index in [0.29, 0.717) is 0 Å². The van der Waals surface area contributed by atoms with Crippen LogP contribution in [-0.4, -0.2) is 13.5 Å². The fourth-order valence-corrected chi connectivity index (χ4v) is 5.68. The zero-order valence-electron chi connectivity index (χ0n) is 16.8. The minimum absolute atomic E-state index is 1.10. The molecule has 5 aromatic heterocycles. The van der Waals surface area contributed by atoms with Gasteiger partial charge in [-0.05, 0) is 41.8 Å². The van der Waals surface area contributed by atoms with Crippen molar-refractivity contribution in [3.63, 3.8) is 0 Å². The van der Waals surface area contributed by atoms with E-state index in [1.54, 1.807) is 0 Å². The lowest BCUT2D eigenvalue weighted by Crippen LogP contribution is -1.90. The molecule has 0 spiro atoms. The van der Waals surface area contributed by atoms with Crippen molar-refractivity contribution in [1.29, 1.82) is 0 Å². The number of hydrogen-bond acceptors (Lipinski definition) is 1. The van der Waals surface area contributed by atoms with Crippen molar-refractivity contribution in [3.8, 4) is 5.69 Å². The first-order valence-corrected chi connectivity index (χ1v) is 10.5. The second-order valence-corrected chi connectivity index (χ2v) is 8.38. The molecule has 0 atom stereocenters. The summed E-state index contributed by atoms with van der Waals surface area (Å²) in [5, 5.41) is 6.25. The molecule has 0 aliphatic heterocycles. The molecule has 0 saturated carbocycles. The van der Waals surface area contributed by atoms with Gasteiger partial charge in [0.2, 0.25) is 0 Å². The summed E-state index contributed by atoms with van der Waals surface area (Å²) in [5.41, 5.74) is 8.45. The SMILES string of the molecule is Cn1c2cccc3c4cocc4n4c5ccn(-c6ccccc6)c5c5ccc1c(c32)c54. The Morgan fingerprint density at radius 2 is 1.48 bits per heavy atom. The summed E-state index contributed by atoms with van der Waals surface area (Å²) < 4.78 is 12.8. The molecular weight excluding hydrogens is 382 g/mol. The maximum absolute atomic E-state index is 5.78. The molecule has 0 bridgehead atoms. The van der Waals surface area contributed by atoms with Crippen LogP contribution in [-0.2, 0) is 7.05 Å². The van der Waals surface area contributed by atoms with Crippen molar-refractivity contribution in [2.45, 2.75) is 0 Å². The van der Waals surface area contributed by atoms with Crippen LogP contribution in [0.4, 0.5) is 0 Å². The molecule has 0 radical (unpaired) electrons. The first-order chi connectivity index (χ1) is 15.3. The van der Waals surface area contributed by atoms with E-state index in [1.807, 2.05) is 12.5 Å². The van der Waals surface area contributed by atoms with Gasteiger partial charge < -0.3 is 18.0 Å². The molecule has 0 aliphatic rings. The molecule has 4 heteroatoms. The van der Waals surface area contributed by atoms with Gasteiger partial charge in [0.05, 0.1) is 27.6 Å². The predicted octanol–water partition coefficient (Wildman–Crippen LogP) is 6.87. The second kappa shape index (κ2) is 5.10. The third kappa shape index (κ3) is 1.66. The van der Waals surface area contributed by atoms with Gasteiger partial charge in [0.15, 0.2) is 0 Å². The molecule has 0 fully saturated rings. The number of furan rings is 1. The third-order valence-corrected chi connectivity index (χ3v) is 6.96. The molecule has 31 heavy (non-hydrogen) atoms. The van der Waals surface area contributed by atoms with Crippen molar-refractivity contribution in [2.24, 2.45) is 7.05 Å². The van der Waals surface area contributed by atoms with Gasteiger partial charge in [0.25, 0.3) is 0 Å². The highest BCUT2D eigenvalue weighted by Gasteiger charge is 2.23. The summed E-state index contributed by atoms with van der Waals surface area (Å²) in [4.78, 5) is 0. The van der Waals surface area contributed by atoms with E-state index in [1.165, 1.54) is 54.8 Å². The molecule has 0 aliphatic carbocycles. The fourth-order valence-electron chi connectivity index (χ4n) is 5.68. The van der Waals surface area contributed by atoms with Crippen LogP contribution in [0.2, 0.25) is 0 Å². The maximum atomic E-state index is 5.78. The van der Waals surface area contributed by atoms with E-state index in [0.717, 1.165) is 10.9 Å². The Bertz CT molecular complexity index is 1940. The number of benzene rings is 3. The lowest BCUT2D eigenvalue weighted by Gasteiger charge is -2.05. The van der Waals surface area contributed by atoms with Gasteiger partial charge >= 0.3 is 0 Å². The molecule has 0 unspecified atom stereocenters. The number of aromatic nitrogens is 3. The smallest absolute Gasteiger partial charge is 0.115 e. The van der Waals surface area contributed by atoms with E-state index >= 15 is 0 Å². The van der Waals surface area contributed by atoms with Gasteiger partial charge in [0.1, 0.15) is 12.5 Å². The molecule has 0 amide bonds. The number of fused-ring (bicyclic) bond motifs is 6. The van der Waals surface area contributed by atoms with Crippen LogP contribution in [0.5, 0.6) is 0 Å². The first kappa shape index (κ1) is 15.6. The van der Waals surface area contributed by atoms with Crippen molar-refractivity contribution >= 4 is 60.0 Å². The molecule has 5 heterocycles. The molecule has 0 saturated heterocycles. The lowest BCUT2D eigenvalue weighted by atomic mass is 10.1. The second-order valence-electron chi connectivity index (χ2n) is 8.38. The summed E-state index contributed by atoms with van der Waals surface area (Å²) in [7, 11) is 2.16. The zero-order valence-corrected chi connectivity index (χ0v) is 16.8. The summed E-state index contributed by atoms with van der Waals surface area (Å²) in [6.07, 6.45) is 5.95. The Morgan fingerprint density at radius 1 is 0.613 bits per heavy atom. The van der Waals surface area contributed by atoms with Crippen molar-refractivity contribution in [1.82, 2.24) is 13.5 Å². The molecule has 8 rings (SSSR count). The van der Waals surface area contributed by atoms with Crippen molar-refractivity contribution < 1.29 is 4.42 Å². The first-order valence-electron chi connectivity index (χ1n) is 10.5. The lowest BCUT2D eigenvalue weighted by molar-refractivity contribution is 0.571. The standard InChI is InChI=1S/C27H17N3O/c1-28-20-9-5-8-17-19-14-31-15-23(19)30-22-12-13-29(16-6-3-2-4-7-16)26(22)18-10-11-21(28)25(24(17)20)27(18)30/h2-15H,1H3. The molecule has 0 N–H and O–H groups in total. The summed E-state index contributed by atoms with van der Waals surface area (Å²) in [6, 6.07) is 23.9. The molecule has 3 aromatic carbocycles. The highest BCUT2D eigenvalue weighted by molar-refractivity contribution is 6.32. The molecular formula is C27H17N3O. The highest BCUT2D eigenvalue weighted by Crippen LogP contribution is 2.44. The van der Waals surface area contributed by atoms with E-state index in [2.05, 4.69) is 93.5 Å². The minimum Gasteiger partial charge on any atom is -0.470 e. The van der Waals surface area contributed by atoms with Gasteiger partial charge in [-0.2, -0.15) is 0 Å². The molecule has 8 aromatic rings. The minimum atomic E-state index is 1.10. The van der Waals surface area contributed by atoms with Crippen LogP contribution in [0.15, 0.2) is 89.9 Å². The van der Waals surface area contributed by atoms with Crippen LogP contribution in [0.25, 0.3) is 65.7 Å². The Balaban J connectivity index is 1.77. The van der Waals surface area contributed by atoms with Crippen LogP contribution in [0.3, 0.4) is 0 Å². The summed E-state index contributed by atoms with van der Waals surface area (Å²) in [5.74, 6) is 0. The number of para-hydroxylation sites is 1. The van der Waals surface area contributed by atoms with E-state index in [9.17, 15) is 0 Å². The third-order valence-electron chi connectivity index (χ3n) is 6.96. The van der Waals surface area contributed by atoms with Gasteiger partial charge in [-0.25, -0.2) is 0 Å². The predicted molar refractivity (Wildman–Crippen MR) is 127 cm³/mol. The quantitative estimate of drug-likeness (QED) is 0.296. The molecule has 146 valence electrons. The normalized spacial score (nSPS) is 12.7. The topological polar surface area (TPSA) is 27.4 Å². The monoisotopic (exact) mass is 399 g/mol. The van der Waals surface area contributed by atoms with Crippen LogP contribution < -0.4 is 0 Å². The number of aryl methyl sites for hydroxylation is 1. The maximum Gasteiger partial charge on any atom is 0.115 e. The van der Waals surface area contributed by atoms with Gasteiger partial charge in [0, 0.05) is 46.0 Å². The Labute approximate surface area is 176 Å². The van der Waals surface area contributed by atoms with E-state index in [4.69, 9.17) is 4.42 Å². The van der Waals surface area contributed by atoms with Gasteiger partial charge in [-0.1, -0.05) is 30.3 Å². The highest BCUT2D eigenvalue weighted by atomic mass is 16.3. The van der Waals surface area contributed by atoms with Crippen molar-refractivity contribution in [2.75, 3.05) is 0 Å². The van der Waals surface area contributed by atoms with Crippen LogP contribution in [0.1, 0.15) is 0 Å². The number of nitrogens with zero attached hydrogens (tertiary/aromatic N) is 3. The van der Waals surface area contributed by atoms with E-state index < -0.39 is 0 Å². The van der Waals surface area contributed by atoms with Crippen molar-refractivity contribution in [3.05, 3.63) is 85.5 Å². The van der Waals surface area contributed by atoms with Gasteiger partial charge in [-0.15, -0.1) is 0 Å². The number of hydrogen-bond donors (Lipinski definition) is 0. The summed E-state index contributed by atoms with van der Waals surface area (Å²) >= 11 is 0. The fraction of sp³-hybridized carbons (Fsp3) is 0.0370. The zero-order chi connectivity index (χ0) is 20.3. The molecule has 4 nitrogen and oxygen atoms in total. The Kier molecular flexibility index (Phi) is 2.57. The van der Waals surface area contributed by atoms with Crippen LogP contribution >= 0.6 is 0 Å².